The van der Waals surface area contributed by atoms with Crippen LogP contribution in [0.1, 0.15) is 35.7 Å². The molecular formula is C15H19N3O. The first kappa shape index (κ1) is 12.4. The average Bonchev–Trinajstić information content (AvgIpc) is 3.01. The summed E-state index contributed by atoms with van der Waals surface area (Å²) in [5.41, 5.74) is 2.49. The van der Waals surface area contributed by atoms with Crippen LogP contribution in [0, 0.1) is 12.8 Å². The van der Waals surface area contributed by atoms with Crippen molar-refractivity contribution in [3.63, 3.8) is 0 Å². The third-order valence-corrected chi connectivity index (χ3v) is 3.80. The van der Waals surface area contributed by atoms with Crippen molar-refractivity contribution in [1.82, 2.24) is 15.5 Å². The zero-order valence-electron chi connectivity index (χ0n) is 11.4. The Balaban J connectivity index is 1.72. The number of aromatic nitrogens is 2. The van der Waals surface area contributed by atoms with Gasteiger partial charge >= 0.3 is 0 Å². The Bertz CT molecular complexity index is 547. The predicted molar refractivity (Wildman–Crippen MR) is 73.1 cm³/mol. The van der Waals surface area contributed by atoms with Gasteiger partial charge in [-0.3, -0.25) is 0 Å². The highest BCUT2D eigenvalue weighted by molar-refractivity contribution is 5.23. The van der Waals surface area contributed by atoms with Crippen LogP contribution in [0.2, 0.25) is 0 Å². The maximum Gasteiger partial charge on any atom is 0.231 e. The van der Waals surface area contributed by atoms with Crippen molar-refractivity contribution < 1.29 is 4.52 Å². The van der Waals surface area contributed by atoms with E-state index in [0.29, 0.717) is 11.8 Å². The van der Waals surface area contributed by atoms with E-state index >= 15 is 0 Å². The quantitative estimate of drug-likeness (QED) is 0.916. The lowest BCUT2D eigenvalue weighted by molar-refractivity contribution is 0.337. The third-order valence-electron chi connectivity index (χ3n) is 3.80. The molecule has 0 aliphatic carbocycles. The lowest BCUT2D eigenvalue weighted by atomic mass is 9.98. The molecule has 0 saturated carbocycles. The van der Waals surface area contributed by atoms with Crippen LogP contribution in [-0.2, 0) is 6.42 Å². The summed E-state index contributed by atoms with van der Waals surface area (Å²) >= 11 is 0. The number of rotatable bonds is 3. The first-order chi connectivity index (χ1) is 9.22. The lowest BCUT2D eigenvalue weighted by Gasteiger charge is -2.07. The van der Waals surface area contributed by atoms with Gasteiger partial charge in [0.2, 0.25) is 5.89 Å². The standard InChI is InChI=1S/C15H19N3O/c1-10-3-5-12(6-4-10)7-14-17-15(19-18-14)13-9-16-8-11(13)2/h3-6,11,13,16H,7-9H2,1-2H3. The molecule has 4 nitrogen and oxygen atoms in total. The average molecular weight is 257 g/mol. The molecule has 19 heavy (non-hydrogen) atoms. The SMILES string of the molecule is Cc1ccc(Cc2noc(C3CNCC3C)n2)cc1. The molecule has 0 spiro atoms. The molecule has 2 aromatic rings. The third kappa shape index (κ3) is 2.68. The number of aryl methyl sites for hydroxylation is 1. The fraction of sp³-hybridized carbons (Fsp3) is 0.467. The van der Waals surface area contributed by atoms with Crippen LogP contribution in [0.5, 0.6) is 0 Å². The summed E-state index contributed by atoms with van der Waals surface area (Å²) in [5, 5.41) is 7.46. The van der Waals surface area contributed by atoms with Crippen molar-refractivity contribution in [2.24, 2.45) is 5.92 Å². The van der Waals surface area contributed by atoms with E-state index in [0.717, 1.165) is 31.2 Å². The van der Waals surface area contributed by atoms with Gasteiger partial charge in [-0.2, -0.15) is 4.98 Å². The summed E-state index contributed by atoms with van der Waals surface area (Å²) in [7, 11) is 0. The summed E-state index contributed by atoms with van der Waals surface area (Å²) in [4.78, 5) is 4.54. The second-order valence-corrected chi connectivity index (χ2v) is 5.45. The van der Waals surface area contributed by atoms with E-state index in [2.05, 4.69) is 53.6 Å². The number of hydrogen-bond acceptors (Lipinski definition) is 4. The first-order valence-corrected chi connectivity index (χ1v) is 6.81. The Morgan fingerprint density at radius 3 is 2.74 bits per heavy atom. The summed E-state index contributed by atoms with van der Waals surface area (Å²) in [6.07, 6.45) is 0.734. The van der Waals surface area contributed by atoms with Gasteiger partial charge in [-0.25, -0.2) is 0 Å². The molecule has 2 atom stereocenters. The molecule has 1 aliphatic rings. The maximum absolute atomic E-state index is 5.41. The molecular weight excluding hydrogens is 238 g/mol. The zero-order chi connectivity index (χ0) is 13.2. The predicted octanol–water partition coefficient (Wildman–Crippen LogP) is 2.29. The van der Waals surface area contributed by atoms with Crippen LogP contribution in [0.3, 0.4) is 0 Å². The van der Waals surface area contributed by atoms with E-state index in [-0.39, 0.29) is 0 Å². The van der Waals surface area contributed by atoms with Crippen molar-refractivity contribution >= 4 is 0 Å². The molecule has 0 bridgehead atoms. The van der Waals surface area contributed by atoms with Gasteiger partial charge in [0.05, 0.1) is 5.92 Å². The molecule has 3 rings (SSSR count). The molecule has 1 saturated heterocycles. The molecule has 0 radical (unpaired) electrons. The molecule has 1 aromatic carbocycles. The van der Waals surface area contributed by atoms with Crippen molar-refractivity contribution in [2.45, 2.75) is 26.2 Å². The van der Waals surface area contributed by atoms with Crippen LogP contribution in [-0.4, -0.2) is 23.2 Å². The molecule has 1 aromatic heterocycles. The minimum atomic E-state index is 0.360. The van der Waals surface area contributed by atoms with Gasteiger partial charge in [0.15, 0.2) is 5.82 Å². The van der Waals surface area contributed by atoms with Gasteiger partial charge < -0.3 is 9.84 Å². The van der Waals surface area contributed by atoms with Gasteiger partial charge in [-0.1, -0.05) is 41.9 Å². The fourth-order valence-corrected chi connectivity index (χ4v) is 2.52. The Hall–Kier alpha value is -1.68. The van der Waals surface area contributed by atoms with Gasteiger partial charge in [0, 0.05) is 13.0 Å². The minimum absolute atomic E-state index is 0.360. The van der Waals surface area contributed by atoms with E-state index in [1.807, 2.05) is 0 Å². The number of nitrogens with one attached hydrogen (secondary N) is 1. The van der Waals surface area contributed by atoms with Crippen LogP contribution in [0.4, 0.5) is 0 Å². The van der Waals surface area contributed by atoms with E-state index in [1.165, 1.54) is 11.1 Å². The van der Waals surface area contributed by atoms with Crippen LogP contribution >= 0.6 is 0 Å². The number of nitrogens with zero attached hydrogens (tertiary/aromatic N) is 2. The van der Waals surface area contributed by atoms with Crippen LogP contribution in [0.15, 0.2) is 28.8 Å². The molecule has 1 N–H and O–H groups in total. The largest absolute Gasteiger partial charge is 0.339 e. The van der Waals surface area contributed by atoms with Gasteiger partial charge in [0.25, 0.3) is 0 Å². The van der Waals surface area contributed by atoms with E-state index in [1.54, 1.807) is 0 Å². The Morgan fingerprint density at radius 2 is 2.05 bits per heavy atom. The monoisotopic (exact) mass is 257 g/mol. The highest BCUT2D eigenvalue weighted by Gasteiger charge is 2.29. The fourth-order valence-electron chi connectivity index (χ4n) is 2.52. The van der Waals surface area contributed by atoms with E-state index in [4.69, 9.17) is 4.52 Å². The smallest absolute Gasteiger partial charge is 0.231 e. The van der Waals surface area contributed by atoms with Crippen molar-refractivity contribution in [3.05, 3.63) is 47.1 Å². The molecule has 1 aliphatic heterocycles. The Kier molecular flexibility index (Phi) is 3.34. The summed E-state index contributed by atoms with van der Waals surface area (Å²) in [6, 6.07) is 8.45. The zero-order valence-corrected chi connectivity index (χ0v) is 11.4. The highest BCUT2D eigenvalue weighted by Crippen LogP contribution is 2.26. The summed E-state index contributed by atoms with van der Waals surface area (Å²) < 4.78 is 5.41. The highest BCUT2D eigenvalue weighted by atomic mass is 16.5. The Morgan fingerprint density at radius 1 is 1.26 bits per heavy atom. The summed E-state index contributed by atoms with van der Waals surface area (Å²) in [5.74, 6) is 2.48. The lowest BCUT2D eigenvalue weighted by Crippen LogP contribution is -2.08. The van der Waals surface area contributed by atoms with Gasteiger partial charge in [0.1, 0.15) is 0 Å². The molecule has 1 fully saturated rings. The van der Waals surface area contributed by atoms with Crippen LogP contribution in [0.25, 0.3) is 0 Å². The van der Waals surface area contributed by atoms with Crippen LogP contribution < -0.4 is 5.32 Å². The first-order valence-electron chi connectivity index (χ1n) is 6.81. The normalized spacial score (nSPS) is 22.8. The minimum Gasteiger partial charge on any atom is -0.339 e. The van der Waals surface area contributed by atoms with Gasteiger partial charge in [-0.05, 0) is 24.9 Å². The second kappa shape index (κ2) is 5.13. The Labute approximate surface area is 113 Å². The van der Waals surface area contributed by atoms with Crippen molar-refractivity contribution in [2.75, 3.05) is 13.1 Å². The van der Waals surface area contributed by atoms with E-state index < -0.39 is 0 Å². The summed E-state index contributed by atoms with van der Waals surface area (Å²) in [6.45, 7) is 6.27. The maximum atomic E-state index is 5.41. The molecule has 2 heterocycles. The topological polar surface area (TPSA) is 51.0 Å². The molecule has 100 valence electrons. The van der Waals surface area contributed by atoms with Crippen molar-refractivity contribution in [1.29, 1.82) is 0 Å². The molecule has 0 amide bonds. The number of benzene rings is 1. The van der Waals surface area contributed by atoms with Crippen molar-refractivity contribution in [3.8, 4) is 0 Å². The molecule has 2 unspecified atom stereocenters. The van der Waals surface area contributed by atoms with E-state index in [9.17, 15) is 0 Å². The van der Waals surface area contributed by atoms with Gasteiger partial charge in [-0.15, -0.1) is 0 Å². The molecule has 4 heteroatoms. The number of hydrogen-bond donors (Lipinski definition) is 1. The second-order valence-electron chi connectivity index (χ2n) is 5.45.